The first-order chi connectivity index (χ1) is 7.34. The van der Waals surface area contributed by atoms with Gasteiger partial charge < -0.3 is 5.32 Å². The molecule has 2 aromatic heterocycles. The van der Waals surface area contributed by atoms with Crippen LogP contribution in [-0.4, -0.2) is 15.6 Å². The fourth-order valence-electron chi connectivity index (χ4n) is 1.56. The van der Waals surface area contributed by atoms with Crippen LogP contribution in [0, 0.1) is 0 Å². The molecule has 74 valence electrons. The van der Waals surface area contributed by atoms with E-state index in [2.05, 4.69) is 15.7 Å². The van der Waals surface area contributed by atoms with E-state index in [9.17, 15) is 4.79 Å². The minimum atomic E-state index is -0.140. The zero-order valence-electron chi connectivity index (χ0n) is 7.77. The molecule has 0 atom stereocenters. The van der Waals surface area contributed by atoms with Gasteiger partial charge in [0.15, 0.2) is 5.82 Å². The Labute approximate surface area is 85.7 Å². The molecule has 2 aromatic rings. The molecule has 0 bridgehead atoms. The highest BCUT2D eigenvalue weighted by atomic mass is 16.2. The van der Waals surface area contributed by atoms with Crippen molar-refractivity contribution in [3.05, 3.63) is 42.4 Å². The Bertz CT molecular complexity index is 532. The second kappa shape index (κ2) is 2.84. The lowest BCUT2D eigenvalue weighted by Crippen LogP contribution is -2.15. The van der Waals surface area contributed by atoms with Crippen molar-refractivity contribution in [1.29, 1.82) is 0 Å². The first-order valence-electron chi connectivity index (χ1n) is 4.55. The summed E-state index contributed by atoms with van der Waals surface area (Å²) in [5.41, 5.74) is 4.28. The molecular weight excluding hydrogens is 192 g/mol. The summed E-state index contributed by atoms with van der Waals surface area (Å²) in [6, 6.07) is 7.13. The molecule has 2 N–H and O–H groups in total. The van der Waals surface area contributed by atoms with Crippen molar-refractivity contribution in [2.45, 2.75) is 0 Å². The van der Waals surface area contributed by atoms with Gasteiger partial charge >= 0.3 is 0 Å². The Balaban J connectivity index is 2.18. The summed E-state index contributed by atoms with van der Waals surface area (Å²) in [7, 11) is 0. The lowest BCUT2D eigenvalue weighted by molar-refractivity contribution is 0.102. The molecule has 1 aliphatic rings. The molecule has 3 heterocycles. The molecule has 5 heteroatoms. The molecule has 15 heavy (non-hydrogen) atoms. The molecule has 0 spiro atoms. The number of carbonyl (C=O) groups is 1. The van der Waals surface area contributed by atoms with Gasteiger partial charge in [0, 0.05) is 12.4 Å². The minimum absolute atomic E-state index is 0.140. The molecule has 0 aromatic carbocycles. The van der Waals surface area contributed by atoms with Gasteiger partial charge in [-0.15, -0.1) is 0 Å². The molecule has 0 fully saturated rings. The molecule has 3 rings (SSSR count). The summed E-state index contributed by atoms with van der Waals surface area (Å²) >= 11 is 0. The summed E-state index contributed by atoms with van der Waals surface area (Å²) < 4.78 is 1.65. The maximum Gasteiger partial charge on any atom is 0.274 e. The third-order valence-corrected chi connectivity index (χ3v) is 2.26. The number of hydrogen-bond acceptors (Lipinski definition) is 3. The van der Waals surface area contributed by atoms with Crippen molar-refractivity contribution >= 4 is 17.4 Å². The van der Waals surface area contributed by atoms with Crippen LogP contribution in [0.15, 0.2) is 36.7 Å². The normalized spacial score (nSPS) is 13.2. The molecule has 0 unspecified atom stereocenters. The molecule has 0 aliphatic carbocycles. The van der Waals surface area contributed by atoms with E-state index >= 15 is 0 Å². The maximum atomic E-state index is 11.7. The number of hydrogen-bond donors (Lipinski definition) is 2. The van der Waals surface area contributed by atoms with Crippen LogP contribution in [0.25, 0.3) is 0 Å². The number of nitrogens with zero attached hydrogens (tertiary/aromatic N) is 2. The molecular formula is C10H8N4O. The fourth-order valence-corrected chi connectivity index (χ4v) is 1.56. The van der Waals surface area contributed by atoms with Gasteiger partial charge in [-0.1, -0.05) is 0 Å². The summed E-state index contributed by atoms with van der Waals surface area (Å²) in [6.07, 6.45) is 3.45. The third kappa shape index (κ3) is 1.17. The fraction of sp³-hybridized carbons (Fsp3) is 0. The van der Waals surface area contributed by atoms with E-state index in [0.717, 1.165) is 0 Å². The molecule has 0 saturated carbocycles. The molecule has 0 radical (unpaired) electrons. The highest BCUT2D eigenvalue weighted by molar-refractivity contribution is 6.05. The van der Waals surface area contributed by atoms with Crippen LogP contribution >= 0.6 is 0 Å². The van der Waals surface area contributed by atoms with Gasteiger partial charge in [0.2, 0.25) is 0 Å². The second-order valence-corrected chi connectivity index (χ2v) is 3.23. The van der Waals surface area contributed by atoms with E-state index < -0.39 is 0 Å². The SMILES string of the molecule is O=C1Nc2cccnc2Nn2cccc21. The van der Waals surface area contributed by atoms with Gasteiger partial charge in [-0.3, -0.25) is 14.9 Å². The Morgan fingerprint density at radius 1 is 1.27 bits per heavy atom. The zero-order valence-corrected chi connectivity index (χ0v) is 7.77. The molecule has 0 saturated heterocycles. The van der Waals surface area contributed by atoms with Crippen molar-refractivity contribution in [3.8, 4) is 0 Å². The van der Waals surface area contributed by atoms with Crippen molar-refractivity contribution in [2.75, 3.05) is 10.7 Å². The van der Waals surface area contributed by atoms with Crippen LogP contribution in [0.3, 0.4) is 0 Å². The Morgan fingerprint density at radius 3 is 3.13 bits per heavy atom. The number of rotatable bonds is 0. The first-order valence-corrected chi connectivity index (χ1v) is 4.55. The number of nitrogens with one attached hydrogen (secondary N) is 2. The van der Waals surface area contributed by atoms with Crippen molar-refractivity contribution < 1.29 is 4.79 Å². The number of carbonyl (C=O) groups excluding carboxylic acids is 1. The van der Waals surface area contributed by atoms with Crippen LogP contribution in [0.5, 0.6) is 0 Å². The van der Waals surface area contributed by atoms with Crippen molar-refractivity contribution in [3.63, 3.8) is 0 Å². The second-order valence-electron chi connectivity index (χ2n) is 3.23. The average Bonchev–Trinajstić information content (AvgIpc) is 2.64. The molecule has 1 amide bonds. The number of fused-ring (bicyclic) bond motifs is 2. The molecule has 5 nitrogen and oxygen atoms in total. The van der Waals surface area contributed by atoms with E-state index in [0.29, 0.717) is 17.2 Å². The van der Waals surface area contributed by atoms with Crippen LogP contribution in [0.4, 0.5) is 11.5 Å². The number of amides is 1. The van der Waals surface area contributed by atoms with Crippen LogP contribution in [0.2, 0.25) is 0 Å². The van der Waals surface area contributed by atoms with Crippen LogP contribution < -0.4 is 10.7 Å². The smallest absolute Gasteiger partial charge is 0.274 e. The predicted molar refractivity (Wildman–Crippen MR) is 55.6 cm³/mol. The highest BCUT2D eigenvalue weighted by Gasteiger charge is 2.17. The Hall–Kier alpha value is -2.30. The van der Waals surface area contributed by atoms with E-state index in [4.69, 9.17) is 0 Å². The summed E-state index contributed by atoms with van der Waals surface area (Å²) in [5, 5.41) is 2.78. The number of anilines is 2. The lowest BCUT2D eigenvalue weighted by atomic mass is 10.3. The van der Waals surface area contributed by atoms with Gasteiger partial charge in [-0.2, -0.15) is 0 Å². The van der Waals surface area contributed by atoms with E-state index in [-0.39, 0.29) is 5.91 Å². The maximum absolute atomic E-state index is 11.7. The van der Waals surface area contributed by atoms with E-state index in [1.807, 2.05) is 0 Å². The van der Waals surface area contributed by atoms with E-state index in [1.54, 1.807) is 41.3 Å². The summed E-state index contributed by atoms with van der Waals surface area (Å²) in [5.74, 6) is 0.500. The number of pyridine rings is 1. The lowest BCUT2D eigenvalue weighted by Gasteiger charge is -2.06. The summed E-state index contributed by atoms with van der Waals surface area (Å²) in [4.78, 5) is 15.9. The number of aromatic nitrogens is 2. The predicted octanol–water partition coefficient (Wildman–Crippen LogP) is 1.32. The average molecular weight is 200 g/mol. The first kappa shape index (κ1) is 8.05. The zero-order chi connectivity index (χ0) is 10.3. The van der Waals surface area contributed by atoms with Crippen molar-refractivity contribution in [2.24, 2.45) is 0 Å². The molecule has 1 aliphatic heterocycles. The van der Waals surface area contributed by atoms with Gasteiger partial charge in [0.1, 0.15) is 5.69 Å². The van der Waals surface area contributed by atoms with Gasteiger partial charge in [0.25, 0.3) is 5.91 Å². The van der Waals surface area contributed by atoms with Gasteiger partial charge in [-0.05, 0) is 24.3 Å². The largest absolute Gasteiger partial charge is 0.317 e. The Kier molecular flexibility index (Phi) is 1.53. The summed E-state index contributed by atoms with van der Waals surface area (Å²) in [6.45, 7) is 0. The highest BCUT2D eigenvalue weighted by Crippen LogP contribution is 2.22. The topological polar surface area (TPSA) is 59.0 Å². The third-order valence-electron chi connectivity index (χ3n) is 2.26. The van der Waals surface area contributed by atoms with Gasteiger partial charge in [-0.25, -0.2) is 4.98 Å². The van der Waals surface area contributed by atoms with Crippen LogP contribution in [-0.2, 0) is 0 Å². The monoisotopic (exact) mass is 200 g/mol. The minimum Gasteiger partial charge on any atom is -0.317 e. The Morgan fingerprint density at radius 2 is 2.20 bits per heavy atom. The van der Waals surface area contributed by atoms with Crippen LogP contribution in [0.1, 0.15) is 10.5 Å². The van der Waals surface area contributed by atoms with E-state index in [1.165, 1.54) is 0 Å². The van der Waals surface area contributed by atoms with Gasteiger partial charge in [0.05, 0.1) is 5.69 Å². The van der Waals surface area contributed by atoms with Crippen molar-refractivity contribution in [1.82, 2.24) is 9.66 Å². The standard InChI is InChI=1S/C10H8N4O/c15-10-8-4-2-6-14(8)13-9-7(12-10)3-1-5-11-9/h1-6H,(H,11,13)(H,12,15). The quantitative estimate of drug-likeness (QED) is 0.674.